The van der Waals surface area contributed by atoms with Crippen LogP contribution in [0, 0.1) is 62.7 Å². The molecule has 1 nitrogen and oxygen atoms in total. The zero-order valence-electron chi connectivity index (χ0n) is 17.6. The topological polar surface area (TPSA) is 12.0 Å². The Morgan fingerprint density at radius 3 is 1.57 bits per heavy atom. The summed E-state index contributed by atoms with van der Waals surface area (Å²) in [5.41, 5.74) is 0. The normalized spacial score (nSPS) is 17.5. The van der Waals surface area contributed by atoms with Crippen molar-refractivity contribution in [3.63, 3.8) is 0 Å². The van der Waals surface area contributed by atoms with Crippen LogP contribution >= 0.6 is 19.8 Å². The zero-order valence-corrected chi connectivity index (χ0v) is 20.4. The molecule has 4 heteroatoms. The molecule has 0 aromatic heterocycles. The molecule has 2 fully saturated rings. The van der Waals surface area contributed by atoms with Crippen molar-refractivity contribution in [2.24, 2.45) is 0 Å². The molecule has 30 heavy (non-hydrogen) atoms. The number of hydrogen-bond acceptors (Lipinski definition) is 2. The molecule has 0 atom stereocenters. The first-order valence-corrected chi connectivity index (χ1v) is 12.0. The van der Waals surface area contributed by atoms with E-state index in [9.17, 15) is 0 Å². The summed E-state index contributed by atoms with van der Waals surface area (Å²) in [6.07, 6.45) is 16.5. The average Bonchev–Trinajstić information content (AvgIpc) is 3.42. The first-order valence-electron chi connectivity index (χ1n) is 9.81. The van der Waals surface area contributed by atoms with Crippen LogP contribution in [0.15, 0.2) is 60.7 Å². The van der Waals surface area contributed by atoms with Gasteiger partial charge in [-0.05, 0) is 62.0 Å². The van der Waals surface area contributed by atoms with Crippen molar-refractivity contribution in [1.29, 1.82) is 0 Å². The van der Waals surface area contributed by atoms with Crippen LogP contribution in [-0.2, 0) is 17.1 Å². The first kappa shape index (κ1) is 26.0. The van der Waals surface area contributed by atoms with Crippen LogP contribution in [-0.4, -0.2) is 4.75 Å². The minimum atomic E-state index is -0.623. The second-order valence-corrected chi connectivity index (χ2v) is 11.4. The molecule has 2 aromatic carbocycles. The van der Waals surface area contributed by atoms with Crippen molar-refractivity contribution in [2.45, 2.75) is 25.5 Å². The van der Waals surface area contributed by atoms with E-state index in [0.717, 1.165) is 0 Å². The van der Waals surface area contributed by atoms with E-state index < -0.39 is 8.07 Å². The van der Waals surface area contributed by atoms with Gasteiger partial charge >= 0.3 is 17.1 Å². The van der Waals surface area contributed by atoms with Crippen LogP contribution in [0.4, 0.5) is 0 Å². The largest absolute Gasteiger partial charge is 2.00 e. The molecule has 4 rings (SSSR count). The summed E-state index contributed by atoms with van der Waals surface area (Å²) in [6.45, 7) is 6.77. The Bertz CT molecular complexity index is 653. The fourth-order valence-corrected chi connectivity index (χ4v) is 5.83. The molecule has 0 bridgehead atoms. The molecule has 154 valence electrons. The van der Waals surface area contributed by atoms with Gasteiger partial charge in [-0.15, -0.1) is 11.8 Å². The van der Waals surface area contributed by atoms with E-state index in [1.807, 2.05) is 43.9 Å². The molecule has 0 aliphatic heterocycles. The predicted octanol–water partition coefficient (Wildman–Crippen LogP) is 5.87. The van der Waals surface area contributed by atoms with Gasteiger partial charge in [-0.2, -0.15) is 0 Å². The number of rotatable bonds is 5. The van der Waals surface area contributed by atoms with Crippen LogP contribution in [0.25, 0.3) is 0 Å². The van der Waals surface area contributed by atoms with Gasteiger partial charge in [-0.25, -0.2) is 0 Å². The second kappa shape index (κ2) is 13.3. The summed E-state index contributed by atoms with van der Waals surface area (Å²) < 4.78 is 0.201. The Balaban J connectivity index is 0.000000468. The standard InChI is InChI=1S/C21H23NPS.C5H5.Fe/c1-21(2,3)24-20-16-10-15-19(20)22-23(17-11-6-4-7-12-17)18-13-8-5-9-14-18;1-2-4-5-3-1;/h4-16,22H,1-3H3;1-5H;/q;;+2. The molecule has 0 amide bonds. The third kappa shape index (κ3) is 8.68. The second-order valence-electron chi connectivity index (χ2n) is 7.60. The van der Waals surface area contributed by atoms with E-state index in [4.69, 9.17) is 0 Å². The molecule has 2 aromatic rings. The van der Waals surface area contributed by atoms with Crippen molar-refractivity contribution < 1.29 is 17.1 Å². The minimum Gasteiger partial charge on any atom is -0.279 e. The smallest absolute Gasteiger partial charge is 0.279 e. The third-order valence-corrected chi connectivity index (χ3v) is 7.29. The third-order valence-electron chi connectivity index (χ3n) is 4.01. The van der Waals surface area contributed by atoms with E-state index in [1.165, 1.54) is 21.9 Å². The molecule has 0 saturated heterocycles. The van der Waals surface area contributed by atoms with E-state index in [0.29, 0.717) is 0 Å². The molecule has 2 aliphatic carbocycles. The maximum absolute atomic E-state index is 3.83. The molecule has 1 N–H and O–H groups in total. The van der Waals surface area contributed by atoms with Crippen molar-refractivity contribution in [3.8, 4) is 0 Å². The van der Waals surface area contributed by atoms with E-state index in [2.05, 4.69) is 106 Å². The van der Waals surface area contributed by atoms with Gasteiger partial charge < -0.3 is 0 Å². The van der Waals surface area contributed by atoms with Gasteiger partial charge in [0.1, 0.15) is 0 Å². The Labute approximate surface area is 200 Å². The van der Waals surface area contributed by atoms with E-state index >= 15 is 0 Å². The van der Waals surface area contributed by atoms with Gasteiger partial charge in [0.2, 0.25) is 0 Å². The fraction of sp³-hybridized carbons (Fsp3) is 0.154. The summed E-state index contributed by atoms with van der Waals surface area (Å²) in [5, 5.41) is 7.83. The van der Waals surface area contributed by atoms with Crippen LogP contribution in [0.3, 0.4) is 0 Å². The quantitative estimate of drug-likeness (QED) is 0.431. The van der Waals surface area contributed by atoms with Crippen LogP contribution < -0.4 is 15.7 Å². The average molecular weight is 473 g/mol. The van der Waals surface area contributed by atoms with E-state index in [-0.39, 0.29) is 21.8 Å². The Morgan fingerprint density at radius 2 is 1.13 bits per heavy atom. The van der Waals surface area contributed by atoms with Gasteiger partial charge in [-0.3, -0.25) is 5.09 Å². The molecular formula is C26H28FeNPS+2. The molecule has 10 radical (unpaired) electrons. The molecule has 0 heterocycles. The van der Waals surface area contributed by atoms with Crippen LogP contribution in [0.2, 0.25) is 0 Å². The maximum atomic E-state index is 3.83. The molecular weight excluding hydrogens is 445 g/mol. The Hall–Kier alpha value is -0.301. The SMILES string of the molecule is CC(C)(C)S[C]1[CH][CH][CH][C]1NP(c1ccccc1)c1ccccc1.[CH]1[CH][CH][CH][CH]1.[Fe+2]. The van der Waals surface area contributed by atoms with Gasteiger partial charge in [0, 0.05) is 12.8 Å². The van der Waals surface area contributed by atoms with Gasteiger partial charge in [0.15, 0.2) is 0 Å². The summed E-state index contributed by atoms with van der Waals surface area (Å²) >= 11 is 1.91. The molecule has 0 unspecified atom stereocenters. The summed E-state index contributed by atoms with van der Waals surface area (Å²) in [4.78, 5) is 0. The summed E-state index contributed by atoms with van der Waals surface area (Å²) in [5.74, 6) is 0. The van der Waals surface area contributed by atoms with Crippen LogP contribution in [0.1, 0.15) is 20.8 Å². The Morgan fingerprint density at radius 1 is 0.667 bits per heavy atom. The van der Waals surface area contributed by atoms with Crippen LogP contribution in [0.5, 0.6) is 0 Å². The minimum absolute atomic E-state index is 0. The molecule has 2 aliphatic rings. The summed E-state index contributed by atoms with van der Waals surface area (Å²) in [6, 6.07) is 22.7. The number of benzene rings is 2. The molecule has 2 saturated carbocycles. The first-order chi connectivity index (χ1) is 14.0. The predicted molar refractivity (Wildman–Crippen MR) is 130 cm³/mol. The number of hydrogen-bond donors (Lipinski definition) is 1. The van der Waals surface area contributed by atoms with Crippen molar-refractivity contribution in [3.05, 3.63) is 123 Å². The zero-order chi connectivity index (χ0) is 20.5. The van der Waals surface area contributed by atoms with Crippen molar-refractivity contribution in [1.82, 2.24) is 5.09 Å². The monoisotopic (exact) mass is 473 g/mol. The number of thioether (sulfide) groups is 1. The molecule has 0 spiro atoms. The van der Waals surface area contributed by atoms with Gasteiger partial charge in [0.25, 0.3) is 0 Å². The van der Waals surface area contributed by atoms with Crippen molar-refractivity contribution in [2.75, 3.05) is 0 Å². The van der Waals surface area contributed by atoms with E-state index in [1.54, 1.807) is 0 Å². The fourth-order valence-electron chi connectivity index (χ4n) is 2.79. The van der Waals surface area contributed by atoms with Gasteiger partial charge in [-0.1, -0.05) is 81.4 Å². The van der Waals surface area contributed by atoms with Gasteiger partial charge in [0.05, 0.1) is 11.3 Å². The van der Waals surface area contributed by atoms with Crippen molar-refractivity contribution >= 4 is 30.4 Å². The maximum Gasteiger partial charge on any atom is 2.00 e. The Kier molecular flexibility index (Phi) is 11.5. The summed E-state index contributed by atoms with van der Waals surface area (Å²) in [7, 11) is -0.623. The number of nitrogens with one attached hydrogen (secondary N) is 1.